The highest BCUT2D eigenvalue weighted by atomic mass is 16.4. The molecular formula is C24H27N7O2. The molecule has 0 aliphatic carbocycles. The van der Waals surface area contributed by atoms with Crippen LogP contribution in [0.1, 0.15) is 13.2 Å². The van der Waals surface area contributed by atoms with E-state index in [4.69, 9.17) is 10.2 Å². The van der Waals surface area contributed by atoms with E-state index in [1.54, 1.807) is 6.20 Å². The van der Waals surface area contributed by atoms with E-state index >= 15 is 0 Å². The van der Waals surface area contributed by atoms with Crippen molar-refractivity contribution in [2.75, 3.05) is 39.0 Å². The Morgan fingerprint density at radius 2 is 1.64 bits per heavy atom. The second kappa shape index (κ2) is 8.79. The lowest BCUT2D eigenvalue weighted by Gasteiger charge is -2.32. The van der Waals surface area contributed by atoms with Crippen molar-refractivity contribution < 1.29 is 12.1 Å². The zero-order valence-electron chi connectivity index (χ0n) is 18.2. The van der Waals surface area contributed by atoms with E-state index in [-0.39, 0.29) is 20.5 Å². The maximum absolute atomic E-state index is 12.8. The van der Waals surface area contributed by atoms with E-state index in [9.17, 15) is 4.79 Å². The molecule has 4 aromatic rings. The van der Waals surface area contributed by atoms with E-state index in [1.807, 2.05) is 59.5 Å². The number of carbonyl (C=O) groups excluding carboxylic acids is 1. The van der Waals surface area contributed by atoms with Gasteiger partial charge in [-0.2, -0.15) is 0 Å². The molecule has 2 aromatic heterocycles. The van der Waals surface area contributed by atoms with E-state index in [1.165, 1.54) is 0 Å². The summed E-state index contributed by atoms with van der Waals surface area (Å²) in [5.74, 6) is 0.813. The summed E-state index contributed by atoms with van der Waals surface area (Å²) in [5, 5.41) is 8.20. The highest BCUT2D eigenvalue weighted by Crippen LogP contribution is 2.28. The molecule has 1 fully saturated rings. The van der Waals surface area contributed by atoms with Gasteiger partial charge >= 0.3 is 0 Å². The minimum Gasteiger partial charge on any atom is -0.414 e. The van der Waals surface area contributed by atoms with E-state index in [2.05, 4.69) is 32.1 Å². The first-order chi connectivity index (χ1) is 16.1. The van der Waals surface area contributed by atoms with Crippen LogP contribution >= 0.6 is 0 Å². The lowest BCUT2D eigenvalue weighted by atomic mass is 10.1. The molecule has 1 amide bonds. The zero-order valence-corrected chi connectivity index (χ0v) is 18.2. The van der Waals surface area contributed by atoms with Crippen LogP contribution in [-0.2, 0) is 0 Å². The fraction of sp³-hybridized carbons (Fsp3) is 0.208. The number of likely N-dealkylation sites (N-methyl/N-ethyl adjacent to an activating group) is 1. The lowest BCUT2D eigenvalue weighted by Crippen LogP contribution is -2.47. The Labute approximate surface area is 193 Å². The van der Waals surface area contributed by atoms with Gasteiger partial charge in [0.15, 0.2) is 11.5 Å². The molecule has 1 aliphatic heterocycles. The molecule has 33 heavy (non-hydrogen) atoms. The van der Waals surface area contributed by atoms with Gasteiger partial charge in [-0.3, -0.25) is 4.79 Å². The SMILES string of the molecule is CN1CCN(C(=O)c2ccc(-c3cnc(N)c(-c4nnc(-c5ccccc5)o4)n3)cc2)CC1.[HH].[HH]. The van der Waals surface area contributed by atoms with Gasteiger partial charge in [0, 0.05) is 45.7 Å². The Morgan fingerprint density at radius 3 is 2.36 bits per heavy atom. The standard InChI is InChI=1S/C24H23N7O2.2H2/c1-30-11-13-31(14-12-30)24(32)18-9-7-16(8-10-18)19-15-26-21(25)20(27-19)23-29-28-22(33-23)17-5-3-2-4-6-17;;/h2-10,15H,11-14H2,1H3,(H2,25,26);2*1H. The van der Waals surface area contributed by atoms with Gasteiger partial charge in [-0.15, -0.1) is 10.2 Å². The minimum absolute atomic E-state index is 0. The fourth-order valence-electron chi connectivity index (χ4n) is 3.69. The summed E-state index contributed by atoms with van der Waals surface area (Å²) in [7, 11) is 2.06. The molecule has 0 bridgehead atoms. The summed E-state index contributed by atoms with van der Waals surface area (Å²) in [6, 6.07) is 16.8. The highest BCUT2D eigenvalue weighted by Gasteiger charge is 2.21. The first-order valence-corrected chi connectivity index (χ1v) is 10.7. The summed E-state index contributed by atoms with van der Waals surface area (Å²) in [4.78, 5) is 25.8. The second-order valence-corrected chi connectivity index (χ2v) is 7.94. The van der Waals surface area contributed by atoms with E-state index < -0.39 is 0 Å². The third kappa shape index (κ3) is 4.31. The van der Waals surface area contributed by atoms with Crippen molar-refractivity contribution >= 4 is 11.7 Å². The molecule has 1 saturated heterocycles. The number of hydrogen-bond acceptors (Lipinski definition) is 8. The number of nitrogens with two attached hydrogens (primary N) is 1. The van der Waals surface area contributed by atoms with Gasteiger partial charge in [0.25, 0.3) is 11.8 Å². The summed E-state index contributed by atoms with van der Waals surface area (Å²) in [6.07, 6.45) is 1.59. The van der Waals surface area contributed by atoms with Crippen molar-refractivity contribution in [3.8, 4) is 34.3 Å². The molecule has 1 aliphatic rings. The molecule has 0 spiro atoms. The van der Waals surface area contributed by atoms with Crippen molar-refractivity contribution in [2.45, 2.75) is 0 Å². The van der Waals surface area contributed by atoms with Gasteiger partial charge < -0.3 is 20.0 Å². The van der Waals surface area contributed by atoms with E-state index in [0.717, 1.165) is 37.3 Å². The highest BCUT2D eigenvalue weighted by molar-refractivity contribution is 5.94. The summed E-state index contributed by atoms with van der Waals surface area (Å²) >= 11 is 0. The Morgan fingerprint density at radius 1 is 0.939 bits per heavy atom. The van der Waals surface area contributed by atoms with Gasteiger partial charge in [-0.1, -0.05) is 30.3 Å². The van der Waals surface area contributed by atoms with Gasteiger partial charge in [0.05, 0.1) is 11.9 Å². The van der Waals surface area contributed by atoms with Crippen molar-refractivity contribution in [3.63, 3.8) is 0 Å². The van der Waals surface area contributed by atoms with Crippen molar-refractivity contribution in [1.82, 2.24) is 30.0 Å². The van der Waals surface area contributed by atoms with Crippen LogP contribution in [0.3, 0.4) is 0 Å². The number of anilines is 1. The predicted molar refractivity (Wildman–Crippen MR) is 128 cm³/mol. The molecule has 0 unspecified atom stereocenters. The number of piperazine rings is 1. The van der Waals surface area contributed by atoms with Gasteiger partial charge in [0.1, 0.15) is 0 Å². The lowest BCUT2D eigenvalue weighted by molar-refractivity contribution is 0.0664. The second-order valence-electron chi connectivity index (χ2n) is 7.94. The number of nitrogen functional groups attached to an aromatic ring is 1. The largest absolute Gasteiger partial charge is 0.414 e. The molecule has 170 valence electrons. The summed E-state index contributed by atoms with van der Waals surface area (Å²) in [5.41, 5.74) is 9.22. The monoisotopic (exact) mass is 445 g/mol. The molecule has 9 nitrogen and oxygen atoms in total. The number of hydrogen-bond donors (Lipinski definition) is 1. The third-order valence-electron chi connectivity index (χ3n) is 5.67. The van der Waals surface area contributed by atoms with Crippen LogP contribution in [-0.4, -0.2) is 69.1 Å². The Kier molecular flexibility index (Phi) is 5.54. The van der Waals surface area contributed by atoms with Crippen LogP contribution < -0.4 is 5.73 Å². The first-order valence-electron chi connectivity index (χ1n) is 10.7. The van der Waals surface area contributed by atoms with Crippen molar-refractivity contribution in [3.05, 3.63) is 66.4 Å². The Balaban J connectivity index is 0.00000171. The molecule has 2 N–H and O–H groups in total. The van der Waals surface area contributed by atoms with Gasteiger partial charge in [-0.05, 0) is 31.3 Å². The molecule has 9 heteroatoms. The van der Waals surface area contributed by atoms with Crippen LogP contribution in [0.15, 0.2) is 65.2 Å². The average Bonchev–Trinajstić information content (AvgIpc) is 3.35. The van der Waals surface area contributed by atoms with Crippen LogP contribution in [0.2, 0.25) is 0 Å². The van der Waals surface area contributed by atoms with E-state index in [0.29, 0.717) is 22.8 Å². The van der Waals surface area contributed by atoms with Crippen LogP contribution in [0.25, 0.3) is 34.3 Å². The molecule has 5 rings (SSSR count). The van der Waals surface area contributed by atoms with Crippen LogP contribution in [0, 0.1) is 0 Å². The fourth-order valence-corrected chi connectivity index (χ4v) is 3.69. The number of carbonyl (C=O) groups is 1. The number of aromatic nitrogens is 4. The molecule has 0 saturated carbocycles. The normalized spacial score (nSPS) is 14.4. The zero-order chi connectivity index (χ0) is 22.8. The van der Waals surface area contributed by atoms with Crippen LogP contribution in [0.4, 0.5) is 5.82 Å². The number of nitrogens with zero attached hydrogens (tertiary/aromatic N) is 6. The third-order valence-corrected chi connectivity index (χ3v) is 5.67. The number of rotatable bonds is 4. The Hall–Kier alpha value is -4.11. The first kappa shape index (κ1) is 20.8. The summed E-state index contributed by atoms with van der Waals surface area (Å²) < 4.78 is 5.79. The maximum atomic E-state index is 12.8. The number of benzene rings is 2. The number of amides is 1. The summed E-state index contributed by atoms with van der Waals surface area (Å²) in [6.45, 7) is 3.24. The molecule has 3 heterocycles. The quantitative estimate of drug-likeness (QED) is 0.509. The van der Waals surface area contributed by atoms with Gasteiger partial charge in [-0.25, -0.2) is 9.97 Å². The molecule has 0 atom stereocenters. The van der Waals surface area contributed by atoms with Gasteiger partial charge in [0.2, 0.25) is 5.89 Å². The van der Waals surface area contributed by atoms with Crippen molar-refractivity contribution in [2.24, 2.45) is 0 Å². The topological polar surface area (TPSA) is 114 Å². The minimum atomic E-state index is 0. The molecule has 2 aromatic carbocycles. The van der Waals surface area contributed by atoms with Crippen LogP contribution in [0.5, 0.6) is 0 Å². The smallest absolute Gasteiger partial charge is 0.270 e. The molecule has 0 radical (unpaired) electrons. The Bertz CT molecular complexity index is 1270. The maximum Gasteiger partial charge on any atom is 0.270 e. The van der Waals surface area contributed by atoms with Crippen molar-refractivity contribution in [1.29, 1.82) is 0 Å². The predicted octanol–water partition coefficient (Wildman–Crippen LogP) is 3.32. The molecular weight excluding hydrogens is 418 g/mol. The average molecular weight is 446 g/mol.